The lowest BCUT2D eigenvalue weighted by molar-refractivity contribution is 0.437. The van der Waals surface area contributed by atoms with Crippen LogP contribution in [0.25, 0.3) is 0 Å². The largest absolute Gasteiger partial charge is 0.309 e. The molecule has 4 heteroatoms. The van der Waals surface area contributed by atoms with Crippen LogP contribution in [-0.4, -0.2) is 36.3 Å². The molecule has 0 aliphatic rings. The van der Waals surface area contributed by atoms with Gasteiger partial charge in [-0.2, -0.15) is 5.26 Å². The molecule has 0 N–H and O–H groups in total. The molecule has 0 saturated carbocycles. The number of hydrogen-bond acceptors (Lipinski definition) is 4. The van der Waals surface area contributed by atoms with Crippen molar-refractivity contribution >= 4 is 11.8 Å². The molecule has 0 radical (unpaired) electrons. The average Bonchev–Trinajstić information content (AvgIpc) is 2.18. The Bertz CT molecular complexity index is 330. The van der Waals surface area contributed by atoms with E-state index in [1.165, 1.54) is 0 Å². The minimum atomic E-state index is 0.524. The maximum absolute atomic E-state index is 8.79. The molecule has 0 saturated heterocycles. The second-order valence-corrected chi connectivity index (χ2v) is 4.25. The Labute approximate surface area is 88.8 Å². The van der Waals surface area contributed by atoms with Crippen LogP contribution in [-0.2, 0) is 0 Å². The second kappa shape index (κ2) is 5.63. The van der Waals surface area contributed by atoms with Gasteiger partial charge in [0.15, 0.2) is 5.69 Å². The Kier molecular flexibility index (Phi) is 4.44. The molecule has 0 aliphatic carbocycles. The summed E-state index contributed by atoms with van der Waals surface area (Å²) in [5, 5.41) is 8.79. The summed E-state index contributed by atoms with van der Waals surface area (Å²) in [5.74, 6) is 0.980. The van der Waals surface area contributed by atoms with E-state index in [1.54, 1.807) is 18.0 Å². The fourth-order valence-corrected chi connectivity index (χ4v) is 2.02. The van der Waals surface area contributed by atoms with Crippen molar-refractivity contribution in [2.75, 3.05) is 26.4 Å². The lowest BCUT2D eigenvalue weighted by atomic mass is 10.4. The van der Waals surface area contributed by atoms with Gasteiger partial charge < -0.3 is 4.90 Å². The molecule has 1 aromatic rings. The summed E-state index contributed by atoms with van der Waals surface area (Å²) in [5.41, 5.74) is 0.524. The van der Waals surface area contributed by atoms with Crippen LogP contribution in [0.5, 0.6) is 0 Å². The van der Waals surface area contributed by atoms with E-state index in [9.17, 15) is 0 Å². The van der Waals surface area contributed by atoms with E-state index < -0.39 is 0 Å². The van der Waals surface area contributed by atoms with Crippen LogP contribution < -0.4 is 0 Å². The molecule has 0 atom stereocenters. The van der Waals surface area contributed by atoms with Crippen molar-refractivity contribution in [3.63, 3.8) is 0 Å². The molecule has 0 amide bonds. The van der Waals surface area contributed by atoms with Gasteiger partial charge >= 0.3 is 0 Å². The topological polar surface area (TPSA) is 39.9 Å². The molecule has 1 aromatic heterocycles. The maximum atomic E-state index is 8.79. The first-order chi connectivity index (χ1) is 6.74. The molecule has 14 heavy (non-hydrogen) atoms. The van der Waals surface area contributed by atoms with Crippen molar-refractivity contribution in [2.45, 2.75) is 4.90 Å². The van der Waals surface area contributed by atoms with Gasteiger partial charge in [0.25, 0.3) is 0 Å². The zero-order chi connectivity index (χ0) is 10.4. The monoisotopic (exact) mass is 207 g/mol. The Balaban J connectivity index is 2.54. The zero-order valence-corrected chi connectivity index (χ0v) is 9.21. The van der Waals surface area contributed by atoms with Crippen molar-refractivity contribution in [3.8, 4) is 6.07 Å². The van der Waals surface area contributed by atoms with Gasteiger partial charge in [-0.1, -0.05) is 0 Å². The Morgan fingerprint density at radius 3 is 3.00 bits per heavy atom. The minimum absolute atomic E-state index is 0.524. The number of rotatable bonds is 4. The molecule has 74 valence electrons. The van der Waals surface area contributed by atoms with E-state index in [0.717, 1.165) is 17.2 Å². The fraction of sp³-hybridized carbons (Fsp3) is 0.400. The van der Waals surface area contributed by atoms with E-state index in [2.05, 4.69) is 16.0 Å². The highest BCUT2D eigenvalue weighted by Crippen LogP contribution is 2.19. The first-order valence-electron chi connectivity index (χ1n) is 4.36. The lowest BCUT2D eigenvalue weighted by Crippen LogP contribution is -2.14. The third-order valence-electron chi connectivity index (χ3n) is 1.67. The van der Waals surface area contributed by atoms with Crippen molar-refractivity contribution in [1.82, 2.24) is 9.88 Å². The van der Waals surface area contributed by atoms with Crippen molar-refractivity contribution < 1.29 is 0 Å². The number of pyridine rings is 1. The average molecular weight is 207 g/mol. The van der Waals surface area contributed by atoms with Gasteiger partial charge in [0.05, 0.1) is 0 Å². The molecule has 0 unspecified atom stereocenters. The first-order valence-corrected chi connectivity index (χ1v) is 5.35. The quantitative estimate of drug-likeness (QED) is 0.703. The molecule has 1 rings (SSSR count). The van der Waals surface area contributed by atoms with Crippen LogP contribution in [0.4, 0.5) is 0 Å². The van der Waals surface area contributed by atoms with E-state index in [1.807, 2.05) is 26.2 Å². The standard InChI is InChI=1S/C10H13N3S/c1-13(2)6-7-14-10-4-3-5-12-9(10)8-11/h3-5H,6-7H2,1-2H3. The first kappa shape index (κ1) is 11.0. The molecule has 0 aliphatic heterocycles. The van der Waals surface area contributed by atoms with Crippen molar-refractivity contribution in [1.29, 1.82) is 5.26 Å². The summed E-state index contributed by atoms with van der Waals surface area (Å²) in [7, 11) is 4.07. The third kappa shape index (κ3) is 3.36. The molecule has 0 bridgehead atoms. The maximum Gasteiger partial charge on any atom is 0.153 e. The smallest absolute Gasteiger partial charge is 0.153 e. The summed E-state index contributed by atoms with van der Waals surface area (Å²) in [4.78, 5) is 7.09. The molecular formula is C10H13N3S. The molecule has 1 heterocycles. The van der Waals surface area contributed by atoms with Gasteiger partial charge in [0.1, 0.15) is 6.07 Å². The van der Waals surface area contributed by atoms with Crippen LogP contribution in [0, 0.1) is 11.3 Å². The predicted molar refractivity (Wildman–Crippen MR) is 58.2 cm³/mol. The van der Waals surface area contributed by atoms with Gasteiger partial charge in [-0.05, 0) is 26.2 Å². The highest BCUT2D eigenvalue weighted by Gasteiger charge is 2.02. The summed E-state index contributed by atoms with van der Waals surface area (Å²) < 4.78 is 0. The van der Waals surface area contributed by atoms with Gasteiger partial charge in [-0.15, -0.1) is 11.8 Å². The minimum Gasteiger partial charge on any atom is -0.309 e. The lowest BCUT2D eigenvalue weighted by Gasteiger charge is -2.08. The molecule has 3 nitrogen and oxygen atoms in total. The number of hydrogen-bond donors (Lipinski definition) is 0. The number of nitrogens with zero attached hydrogens (tertiary/aromatic N) is 3. The molecule has 0 fully saturated rings. The number of aromatic nitrogens is 1. The summed E-state index contributed by atoms with van der Waals surface area (Å²) in [6.07, 6.45) is 1.65. The SMILES string of the molecule is CN(C)CCSc1cccnc1C#N. The van der Waals surface area contributed by atoms with Crippen LogP contribution in [0.2, 0.25) is 0 Å². The van der Waals surface area contributed by atoms with Crippen LogP contribution in [0.3, 0.4) is 0 Å². The highest BCUT2D eigenvalue weighted by atomic mass is 32.2. The van der Waals surface area contributed by atoms with E-state index in [4.69, 9.17) is 5.26 Å². The van der Waals surface area contributed by atoms with E-state index >= 15 is 0 Å². The fourth-order valence-electron chi connectivity index (χ4n) is 0.929. The molecular weight excluding hydrogens is 194 g/mol. The molecule has 0 spiro atoms. The normalized spacial score (nSPS) is 10.1. The van der Waals surface area contributed by atoms with Crippen molar-refractivity contribution in [2.24, 2.45) is 0 Å². The summed E-state index contributed by atoms with van der Waals surface area (Å²) >= 11 is 1.67. The van der Waals surface area contributed by atoms with E-state index in [0.29, 0.717) is 5.69 Å². The highest BCUT2D eigenvalue weighted by molar-refractivity contribution is 7.99. The Morgan fingerprint density at radius 1 is 1.57 bits per heavy atom. The Hall–Kier alpha value is -1.05. The van der Waals surface area contributed by atoms with Crippen LogP contribution in [0.1, 0.15) is 5.69 Å². The van der Waals surface area contributed by atoms with E-state index in [-0.39, 0.29) is 0 Å². The summed E-state index contributed by atoms with van der Waals surface area (Å²) in [6.45, 7) is 1.00. The summed E-state index contributed by atoms with van der Waals surface area (Å²) in [6, 6.07) is 5.88. The van der Waals surface area contributed by atoms with Crippen molar-refractivity contribution in [3.05, 3.63) is 24.0 Å². The van der Waals surface area contributed by atoms with Gasteiger partial charge in [-0.25, -0.2) is 4.98 Å². The predicted octanol–water partition coefficient (Wildman–Crippen LogP) is 1.61. The zero-order valence-electron chi connectivity index (χ0n) is 8.40. The number of nitriles is 1. The Morgan fingerprint density at radius 2 is 2.36 bits per heavy atom. The van der Waals surface area contributed by atoms with Gasteiger partial charge in [0, 0.05) is 23.4 Å². The molecule has 0 aromatic carbocycles. The van der Waals surface area contributed by atoms with Gasteiger partial charge in [0.2, 0.25) is 0 Å². The third-order valence-corrected chi connectivity index (χ3v) is 2.70. The number of thioether (sulfide) groups is 1. The van der Waals surface area contributed by atoms with Crippen LogP contribution >= 0.6 is 11.8 Å². The second-order valence-electron chi connectivity index (χ2n) is 3.11. The van der Waals surface area contributed by atoms with Crippen LogP contribution in [0.15, 0.2) is 23.2 Å². The van der Waals surface area contributed by atoms with Gasteiger partial charge in [-0.3, -0.25) is 0 Å².